The molecule has 0 radical (unpaired) electrons. The summed E-state index contributed by atoms with van der Waals surface area (Å²) in [6.45, 7) is 13.9. The van der Waals surface area contributed by atoms with Gasteiger partial charge in [-0.25, -0.2) is 4.79 Å². The van der Waals surface area contributed by atoms with Gasteiger partial charge in [0.15, 0.2) is 25.2 Å². The Kier molecular flexibility index (Phi) is 21.3. The van der Waals surface area contributed by atoms with Crippen molar-refractivity contribution in [2.45, 2.75) is 148 Å². The summed E-state index contributed by atoms with van der Waals surface area (Å²) in [6.07, 6.45) is -4.30. The first-order valence-electron chi connectivity index (χ1n) is 28.2. The van der Waals surface area contributed by atoms with Crippen molar-refractivity contribution in [3.05, 3.63) is 179 Å². The molecule has 1 N–H and O–H groups in total. The van der Waals surface area contributed by atoms with Gasteiger partial charge in [-0.1, -0.05) is 186 Å². The monoisotopic (exact) mass is 1070 g/mol. The summed E-state index contributed by atoms with van der Waals surface area (Å²) in [5, 5.41) is 11.8. The van der Waals surface area contributed by atoms with E-state index in [0.29, 0.717) is 32.9 Å². The van der Waals surface area contributed by atoms with Crippen LogP contribution in [-0.4, -0.2) is 111 Å². The van der Waals surface area contributed by atoms with Gasteiger partial charge in [-0.2, -0.15) is 0 Å². The van der Waals surface area contributed by atoms with Crippen molar-refractivity contribution in [1.82, 2.24) is 4.90 Å². The average Bonchev–Trinajstić information content (AvgIpc) is 3.56. The Morgan fingerprint density at radius 3 is 1.59 bits per heavy atom. The fourth-order valence-electron chi connectivity index (χ4n) is 10.9. The third kappa shape index (κ3) is 15.4. The van der Waals surface area contributed by atoms with Gasteiger partial charge in [-0.15, -0.1) is 0 Å². The van der Waals surface area contributed by atoms with Crippen LogP contribution in [0.15, 0.2) is 152 Å². The molecule has 0 aliphatic carbocycles. The van der Waals surface area contributed by atoms with Gasteiger partial charge in [-0.3, -0.25) is 0 Å². The molecule has 14 heteroatoms. The second-order valence-electron chi connectivity index (χ2n) is 21.7. The first-order valence-corrected chi connectivity index (χ1v) is 28.2. The Morgan fingerprint density at radius 2 is 1.03 bits per heavy atom. The summed E-state index contributed by atoms with van der Waals surface area (Å²) < 4.78 is 72.3. The average molecular weight is 1070 g/mol. The fourth-order valence-corrected chi connectivity index (χ4v) is 10.9. The summed E-state index contributed by atoms with van der Waals surface area (Å²) in [6, 6.07) is 49.7. The highest BCUT2D eigenvalue weighted by Gasteiger charge is 2.53. The third-order valence-corrected chi connectivity index (χ3v) is 16.1. The molecule has 0 saturated carbocycles. The molecule has 0 aromatic heterocycles. The van der Waals surface area contributed by atoms with Crippen molar-refractivity contribution in [2.75, 3.05) is 33.0 Å². The number of carbonyl (C=O) groups is 1. The van der Waals surface area contributed by atoms with Gasteiger partial charge >= 0.3 is 6.09 Å². The van der Waals surface area contributed by atoms with Crippen LogP contribution in [0.2, 0.25) is 0 Å². The van der Waals surface area contributed by atoms with Crippen LogP contribution >= 0.6 is 0 Å². The van der Waals surface area contributed by atoms with E-state index in [0.717, 1.165) is 47.1 Å². The standard InChI is InChI=1S/C64H81NO13/c1-43-45(3)60(70-35-23-11-22-34-65(36-48-24-12-6-13-25-48)64(67)72-39-51-30-18-9-19-31-51)73-53(40-68-37-49-26-14-7-15-27-49)57(43)76-61-46(4)44(2)58(54(74-61)41-69-38-50-28-16-8-17-29-50)77-62-47(5)56(66)59-55(75-62)42-71-63(78-59)52-32-20-10-21-33-52/h6-10,12-21,24-33,43-47,53-63,66H,11,22-23,34-42H2,1-5H3/t43?,44?,45-,46-,47-,53?,54?,55?,56?,57-,58+,59-,60+,61-,62+,63?/m0/s1. The molecule has 0 bridgehead atoms. The lowest BCUT2D eigenvalue weighted by Crippen LogP contribution is -2.62. The fraction of sp³-hybridized carbons (Fsp3) is 0.516. The highest BCUT2D eigenvalue weighted by atomic mass is 16.8. The number of hydrogen-bond acceptors (Lipinski definition) is 13. The van der Waals surface area contributed by atoms with Crippen molar-refractivity contribution in [3.8, 4) is 0 Å². The normalized spacial score (nSPS) is 31.0. The number of nitrogens with zero attached hydrogens (tertiary/aromatic N) is 1. The number of amides is 1. The van der Waals surface area contributed by atoms with Gasteiger partial charge in [0.2, 0.25) is 0 Å². The maximum atomic E-state index is 13.4. The van der Waals surface area contributed by atoms with Crippen molar-refractivity contribution in [2.24, 2.45) is 29.6 Å². The van der Waals surface area contributed by atoms with Crippen LogP contribution in [-0.2, 0) is 78.5 Å². The number of benzene rings is 5. The molecule has 5 aromatic rings. The number of carbonyl (C=O) groups excluding carboxylic acids is 1. The van der Waals surface area contributed by atoms with Crippen molar-refractivity contribution in [1.29, 1.82) is 0 Å². The highest BCUT2D eigenvalue weighted by molar-refractivity contribution is 5.67. The lowest BCUT2D eigenvalue weighted by molar-refractivity contribution is -0.378. The minimum atomic E-state index is -0.863. The summed E-state index contributed by atoms with van der Waals surface area (Å²) in [4.78, 5) is 15.2. The second-order valence-corrected chi connectivity index (χ2v) is 21.7. The number of aliphatic hydroxyl groups excluding tert-OH is 1. The predicted octanol–water partition coefficient (Wildman–Crippen LogP) is 11.0. The van der Waals surface area contributed by atoms with Gasteiger partial charge in [0.05, 0.1) is 51.3 Å². The van der Waals surface area contributed by atoms with E-state index in [1.807, 2.05) is 146 Å². The molecule has 16 atom stereocenters. The zero-order valence-corrected chi connectivity index (χ0v) is 46.0. The molecule has 4 aliphatic heterocycles. The molecular formula is C64H81NO13. The van der Waals surface area contributed by atoms with E-state index in [1.54, 1.807) is 4.90 Å². The molecule has 14 nitrogen and oxygen atoms in total. The largest absolute Gasteiger partial charge is 0.445 e. The molecule has 9 rings (SSSR count). The number of fused-ring (bicyclic) bond motifs is 1. The van der Waals surface area contributed by atoms with Crippen LogP contribution in [0.4, 0.5) is 4.79 Å². The van der Waals surface area contributed by atoms with Crippen LogP contribution in [0.25, 0.3) is 0 Å². The summed E-state index contributed by atoms with van der Waals surface area (Å²) in [5.74, 6) is -0.695. The number of aliphatic hydroxyl groups is 1. The van der Waals surface area contributed by atoms with Crippen molar-refractivity contribution >= 4 is 6.09 Å². The van der Waals surface area contributed by atoms with Gasteiger partial charge in [0.25, 0.3) is 0 Å². The molecule has 7 unspecified atom stereocenters. The van der Waals surface area contributed by atoms with E-state index in [4.69, 9.17) is 52.1 Å². The van der Waals surface area contributed by atoms with E-state index >= 15 is 0 Å². The number of hydrogen-bond donors (Lipinski definition) is 1. The zero-order valence-electron chi connectivity index (χ0n) is 46.0. The van der Waals surface area contributed by atoms with Gasteiger partial charge in [-0.05, 0) is 53.4 Å². The molecule has 0 spiro atoms. The first kappa shape index (κ1) is 57.6. The maximum absolute atomic E-state index is 13.4. The number of unbranched alkanes of at least 4 members (excludes halogenated alkanes) is 2. The Bertz CT molecular complexity index is 2490. The minimum absolute atomic E-state index is 0.0114. The predicted molar refractivity (Wildman–Crippen MR) is 293 cm³/mol. The summed E-state index contributed by atoms with van der Waals surface area (Å²) >= 11 is 0. The van der Waals surface area contributed by atoms with Crippen LogP contribution < -0.4 is 0 Å². The van der Waals surface area contributed by atoms with Crippen molar-refractivity contribution < 1.29 is 62.0 Å². The Hall–Kier alpha value is -5.07. The SMILES string of the molecule is CC1[C@H](O[C@@H]2OC(COCc3ccccc3)[C@H](O[C@H]3OC4COC(c5ccccc5)O[C@@H]4C(O)[C@@H]3C)C(C)[C@@H]2C)C(COCc2ccccc2)O[C@@H](OCCCCCN(Cc2ccccc2)C(=O)OCc2ccccc2)[C@H]1C. The lowest BCUT2D eigenvalue weighted by Gasteiger charge is -2.51. The molecule has 4 heterocycles. The van der Waals surface area contributed by atoms with Crippen LogP contribution in [0.3, 0.4) is 0 Å². The highest BCUT2D eigenvalue weighted by Crippen LogP contribution is 2.42. The van der Waals surface area contributed by atoms with E-state index in [9.17, 15) is 9.90 Å². The Balaban J connectivity index is 0.835. The van der Waals surface area contributed by atoms with Gasteiger partial charge in [0, 0.05) is 43.0 Å². The van der Waals surface area contributed by atoms with Crippen molar-refractivity contribution in [3.63, 3.8) is 0 Å². The maximum Gasteiger partial charge on any atom is 0.410 e. The van der Waals surface area contributed by atoms with E-state index in [1.165, 1.54) is 0 Å². The zero-order chi connectivity index (χ0) is 54.2. The number of rotatable bonds is 24. The van der Waals surface area contributed by atoms with E-state index < -0.39 is 73.8 Å². The van der Waals surface area contributed by atoms with Crippen LogP contribution in [0, 0.1) is 29.6 Å². The van der Waals surface area contributed by atoms with Gasteiger partial charge < -0.3 is 62.1 Å². The Morgan fingerprint density at radius 1 is 0.538 bits per heavy atom. The quantitative estimate of drug-likeness (QED) is 0.0587. The summed E-state index contributed by atoms with van der Waals surface area (Å²) in [7, 11) is 0. The second kappa shape index (κ2) is 28.9. The molecule has 78 heavy (non-hydrogen) atoms. The lowest BCUT2D eigenvalue weighted by atomic mass is 9.82. The third-order valence-electron chi connectivity index (χ3n) is 16.1. The molecular weight excluding hydrogens is 991 g/mol. The molecule has 4 aliphatic rings. The molecule has 4 saturated heterocycles. The Labute approximate surface area is 461 Å². The smallest absolute Gasteiger partial charge is 0.410 e. The first-order chi connectivity index (χ1) is 38.1. The number of ether oxygens (including phenoxy) is 11. The molecule has 420 valence electrons. The molecule has 4 fully saturated rings. The van der Waals surface area contributed by atoms with E-state index in [-0.39, 0.29) is 56.2 Å². The van der Waals surface area contributed by atoms with Crippen LogP contribution in [0.1, 0.15) is 88.0 Å². The van der Waals surface area contributed by atoms with Gasteiger partial charge in [0.1, 0.15) is 31.0 Å². The molecule has 5 aromatic carbocycles. The molecule has 1 amide bonds. The summed E-state index contributed by atoms with van der Waals surface area (Å²) in [5.41, 5.74) is 4.99. The topological polar surface area (TPSA) is 142 Å². The van der Waals surface area contributed by atoms with E-state index in [2.05, 4.69) is 39.8 Å². The van der Waals surface area contributed by atoms with Crippen LogP contribution in [0.5, 0.6) is 0 Å². The minimum Gasteiger partial charge on any atom is -0.445 e.